The molecule has 0 amide bonds. The number of aryl methyl sites for hydroxylation is 1. The van der Waals surface area contributed by atoms with Crippen LogP contribution in [0.25, 0.3) is 11.3 Å². The van der Waals surface area contributed by atoms with Crippen molar-refractivity contribution in [1.82, 2.24) is 20.3 Å². The minimum Gasteiger partial charge on any atom is -0.438 e. The van der Waals surface area contributed by atoms with Gasteiger partial charge in [0, 0.05) is 31.0 Å². The first-order chi connectivity index (χ1) is 18.4. The third-order valence-electron chi connectivity index (χ3n) is 6.20. The van der Waals surface area contributed by atoms with E-state index in [9.17, 15) is 8.42 Å². The molecule has 10 heteroatoms. The highest BCUT2D eigenvalue weighted by atomic mass is 32.2. The van der Waals surface area contributed by atoms with E-state index in [4.69, 9.17) is 9.72 Å². The zero-order chi connectivity index (χ0) is 26.4. The molecule has 4 aromatic rings. The van der Waals surface area contributed by atoms with E-state index in [1.54, 1.807) is 36.7 Å². The van der Waals surface area contributed by atoms with Crippen LogP contribution in [0.2, 0.25) is 0 Å². The first-order valence-electron chi connectivity index (χ1n) is 12.5. The fourth-order valence-corrected chi connectivity index (χ4v) is 5.48. The van der Waals surface area contributed by atoms with Gasteiger partial charge in [-0.3, -0.25) is 4.72 Å². The van der Waals surface area contributed by atoms with Crippen molar-refractivity contribution in [3.63, 3.8) is 0 Å². The van der Waals surface area contributed by atoms with Crippen LogP contribution >= 0.6 is 0 Å². The van der Waals surface area contributed by atoms with Crippen molar-refractivity contribution in [2.75, 3.05) is 23.1 Å². The second-order valence-corrected chi connectivity index (χ2v) is 11.0. The number of hydrogen-bond acceptors (Lipinski definition) is 8. The van der Waals surface area contributed by atoms with E-state index in [-0.39, 0.29) is 11.8 Å². The van der Waals surface area contributed by atoms with Crippen LogP contribution in [0.4, 0.5) is 11.6 Å². The van der Waals surface area contributed by atoms with Gasteiger partial charge in [-0.15, -0.1) is 0 Å². The average molecular weight is 531 g/mol. The van der Waals surface area contributed by atoms with E-state index < -0.39 is 10.0 Å². The second kappa shape index (κ2) is 11.6. The van der Waals surface area contributed by atoms with E-state index in [1.807, 2.05) is 49.4 Å². The van der Waals surface area contributed by atoms with E-state index in [0.29, 0.717) is 40.1 Å². The standard InChI is InChI=1S/C28H30N6O3S/c1-20-11-12-22(34-38(35,36)19-21-7-3-2-4-8-21)17-26(20)37-27-24(10-6-15-30-27)25-13-16-31-28(33-25)32-23-9-5-14-29-18-23/h2-4,6-8,10-13,15-17,23,29,34H,5,9,14,18-19H2,1H3,(H,31,32,33)/t23-/m0/s1. The van der Waals surface area contributed by atoms with Crippen LogP contribution in [0.5, 0.6) is 11.6 Å². The van der Waals surface area contributed by atoms with E-state index in [0.717, 1.165) is 31.5 Å². The zero-order valence-electron chi connectivity index (χ0n) is 21.1. The highest BCUT2D eigenvalue weighted by Gasteiger charge is 2.17. The van der Waals surface area contributed by atoms with Crippen molar-refractivity contribution < 1.29 is 13.2 Å². The Balaban J connectivity index is 1.35. The molecule has 1 saturated heterocycles. The lowest BCUT2D eigenvalue weighted by atomic mass is 10.1. The highest BCUT2D eigenvalue weighted by molar-refractivity contribution is 7.91. The van der Waals surface area contributed by atoms with Gasteiger partial charge in [0.15, 0.2) is 0 Å². The number of piperidine rings is 1. The average Bonchev–Trinajstić information content (AvgIpc) is 2.92. The number of ether oxygens (including phenoxy) is 1. The van der Waals surface area contributed by atoms with Crippen LogP contribution in [0, 0.1) is 6.92 Å². The fraction of sp³-hybridized carbons (Fsp3) is 0.250. The quantitative estimate of drug-likeness (QED) is 0.284. The number of sulfonamides is 1. The Bertz CT molecular complexity index is 1490. The monoisotopic (exact) mass is 530 g/mol. The highest BCUT2D eigenvalue weighted by Crippen LogP contribution is 2.33. The third-order valence-corrected chi connectivity index (χ3v) is 7.46. The van der Waals surface area contributed by atoms with Crippen LogP contribution in [-0.4, -0.2) is 42.5 Å². The Morgan fingerprint density at radius 2 is 1.89 bits per heavy atom. The topological polar surface area (TPSA) is 118 Å². The molecular formula is C28H30N6O3S. The number of hydrogen-bond donors (Lipinski definition) is 3. The summed E-state index contributed by atoms with van der Waals surface area (Å²) < 4.78 is 34.4. The minimum atomic E-state index is -3.61. The molecule has 0 saturated carbocycles. The predicted octanol–water partition coefficient (Wildman–Crippen LogP) is 4.75. The third kappa shape index (κ3) is 6.64. The summed E-state index contributed by atoms with van der Waals surface area (Å²) >= 11 is 0. The van der Waals surface area contributed by atoms with Crippen LogP contribution in [0.15, 0.2) is 79.1 Å². The summed E-state index contributed by atoms with van der Waals surface area (Å²) in [6.07, 6.45) is 5.53. The molecule has 2 aromatic carbocycles. The lowest BCUT2D eigenvalue weighted by Crippen LogP contribution is -2.38. The Kier molecular flexibility index (Phi) is 7.81. The molecule has 3 N–H and O–H groups in total. The summed E-state index contributed by atoms with van der Waals surface area (Å²) in [6, 6.07) is 20.0. The summed E-state index contributed by atoms with van der Waals surface area (Å²) in [5, 5.41) is 6.79. The maximum atomic E-state index is 12.7. The van der Waals surface area contributed by atoms with E-state index >= 15 is 0 Å². The van der Waals surface area contributed by atoms with Gasteiger partial charge in [-0.2, -0.15) is 0 Å². The second-order valence-electron chi connectivity index (χ2n) is 9.24. The normalized spacial score (nSPS) is 15.6. The summed E-state index contributed by atoms with van der Waals surface area (Å²) in [4.78, 5) is 13.5. The molecule has 0 bridgehead atoms. The van der Waals surface area contributed by atoms with Gasteiger partial charge in [-0.05, 0) is 61.7 Å². The molecule has 1 aliphatic heterocycles. The summed E-state index contributed by atoms with van der Waals surface area (Å²) in [7, 11) is -3.61. The fourth-order valence-electron chi connectivity index (χ4n) is 4.29. The van der Waals surface area contributed by atoms with Gasteiger partial charge in [0.1, 0.15) is 5.75 Å². The Morgan fingerprint density at radius 1 is 1.03 bits per heavy atom. The first-order valence-corrected chi connectivity index (χ1v) is 14.2. The van der Waals surface area contributed by atoms with Gasteiger partial charge in [0.05, 0.1) is 22.7 Å². The Hall–Kier alpha value is -4.02. The molecule has 0 spiro atoms. The number of nitrogens with one attached hydrogen (secondary N) is 3. The molecule has 1 fully saturated rings. The number of pyridine rings is 1. The number of nitrogens with zero attached hydrogens (tertiary/aromatic N) is 3. The summed E-state index contributed by atoms with van der Waals surface area (Å²) in [5.74, 6) is 1.29. The molecule has 38 heavy (non-hydrogen) atoms. The molecule has 0 radical (unpaired) electrons. The van der Waals surface area contributed by atoms with Crippen molar-refractivity contribution in [3.8, 4) is 22.9 Å². The molecule has 3 heterocycles. The van der Waals surface area contributed by atoms with Gasteiger partial charge in [0.25, 0.3) is 0 Å². The SMILES string of the molecule is Cc1ccc(NS(=O)(=O)Cc2ccccc2)cc1Oc1ncccc1-c1ccnc(N[C@H]2CCCNC2)n1. The van der Waals surface area contributed by atoms with Crippen molar-refractivity contribution in [3.05, 3.63) is 90.3 Å². The van der Waals surface area contributed by atoms with Crippen LogP contribution < -0.4 is 20.1 Å². The molecule has 1 aliphatic rings. The zero-order valence-corrected chi connectivity index (χ0v) is 21.9. The molecule has 1 atom stereocenters. The summed E-state index contributed by atoms with van der Waals surface area (Å²) in [6.45, 7) is 3.80. The lowest BCUT2D eigenvalue weighted by Gasteiger charge is -2.23. The first kappa shape index (κ1) is 25.6. The van der Waals surface area contributed by atoms with Gasteiger partial charge in [-0.1, -0.05) is 36.4 Å². The van der Waals surface area contributed by atoms with Gasteiger partial charge < -0.3 is 15.4 Å². The largest absolute Gasteiger partial charge is 0.438 e. The molecule has 5 rings (SSSR count). The molecular weight excluding hydrogens is 500 g/mol. The van der Waals surface area contributed by atoms with Gasteiger partial charge >= 0.3 is 0 Å². The Labute approximate surface area is 222 Å². The number of anilines is 2. The van der Waals surface area contributed by atoms with Crippen molar-refractivity contribution in [1.29, 1.82) is 0 Å². The lowest BCUT2D eigenvalue weighted by molar-refractivity contribution is 0.461. The maximum Gasteiger partial charge on any atom is 0.236 e. The molecule has 2 aromatic heterocycles. The van der Waals surface area contributed by atoms with Crippen LogP contribution in [0.1, 0.15) is 24.0 Å². The van der Waals surface area contributed by atoms with E-state index in [1.165, 1.54) is 0 Å². The van der Waals surface area contributed by atoms with Crippen molar-refractivity contribution in [2.45, 2.75) is 31.6 Å². The van der Waals surface area contributed by atoms with E-state index in [2.05, 4.69) is 25.3 Å². The Morgan fingerprint density at radius 3 is 2.71 bits per heavy atom. The van der Waals surface area contributed by atoms with Crippen LogP contribution in [0.3, 0.4) is 0 Å². The predicted molar refractivity (Wildman–Crippen MR) is 149 cm³/mol. The smallest absolute Gasteiger partial charge is 0.236 e. The maximum absolute atomic E-state index is 12.7. The van der Waals surface area contributed by atoms with Crippen molar-refractivity contribution in [2.24, 2.45) is 0 Å². The summed E-state index contributed by atoms with van der Waals surface area (Å²) in [5.41, 5.74) is 3.33. The molecule has 9 nitrogen and oxygen atoms in total. The number of benzene rings is 2. The number of aromatic nitrogens is 3. The minimum absolute atomic E-state index is 0.122. The van der Waals surface area contributed by atoms with Gasteiger partial charge in [-0.25, -0.2) is 23.4 Å². The molecule has 0 unspecified atom stereocenters. The number of rotatable bonds is 9. The molecule has 196 valence electrons. The van der Waals surface area contributed by atoms with Crippen molar-refractivity contribution >= 4 is 21.7 Å². The van der Waals surface area contributed by atoms with Crippen LogP contribution in [-0.2, 0) is 15.8 Å². The molecule has 0 aliphatic carbocycles. The van der Waals surface area contributed by atoms with Gasteiger partial charge in [0.2, 0.25) is 21.9 Å².